The van der Waals surface area contributed by atoms with Crippen LogP contribution in [0.25, 0.3) is 0 Å². The SMILES string of the molecule is CN=C(NCCCS(C)(=O)=O)NC(C)(C)C. The van der Waals surface area contributed by atoms with E-state index in [2.05, 4.69) is 15.6 Å². The molecule has 0 aromatic rings. The summed E-state index contributed by atoms with van der Waals surface area (Å²) in [6.45, 7) is 6.71. The zero-order chi connectivity index (χ0) is 12.8. The van der Waals surface area contributed by atoms with Gasteiger partial charge in [-0.25, -0.2) is 8.42 Å². The molecule has 0 spiro atoms. The third kappa shape index (κ3) is 9.76. The molecule has 0 aromatic heterocycles. The van der Waals surface area contributed by atoms with Crippen molar-refractivity contribution in [3.8, 4) is 0 Å². The summed E-state index contributed by atoms with van der Waals surface area (Å²) >= 11 is 0. The maximum Gasteiger partial charge on any atom is 0.191 e. The molecule has 0 saturated carbocycles. The Kier molecular flexibility index (Phi) is 5.78. The van der Waals surface area contributed by atoms with Crippen molar-refractivity contribution < 1.29 is 8.42 Å². The van der Waals surface area contributed by atoms with Gasteiger partial charge in [0.25, 0.3) is 0 Å². The monoisotopic (exact) mass is 249 g/mol. The van der Waals surface area contributed by atoms with E-state index in [0.717, 1.165) is 0 Å². The van der Waals surface area contributed by atoms with Gasteiger partial charge in [0, 0.05) is 25.4 Å². The first-order valence-electron chi connectivity index (χ1n) is 5.30. The molecule has 0 unspecified atom stereocenters. The Bertz CT molecular complexity index is 328. The molecule has 0 fully saturated rings. The number of nitrogens with zero attached hydrogens (tertiary/aromatic N) is 1. The predicted molar refractivity (Wildman–Crippen MR) is 68.6 cm³/mol. The standard InChI is InChI=1S/C10H23N3O2S/c1-10(2,3)13-9(11-4)12-7-6-8-16(5,14)15/h6-8H2,1-5H3,(H2,11,12,13). The Morgan fingerprint density at radius 1 is 1.31 bits per heavy atom. The van der Waals surface area contributed by atoms with Gasteiger partial charge in [-0.2, -0.15) is 0 Å². The Hall–Kier alpha value is -0.780. The second-order valence-electron chi connectivity index (χ2n) is 4.86. The van der Waals surface area contributed by atoms with Crippen molar-refractivity contribution in [3.63, 3.8) is 0 Å². The lowest BCUT2D eigenvalue weighted by atomic mass is 10.1. The Balaban J connectivity index is 3.91. The van der Waals surface area contributed by atoms with Crippen molar-refractivity contribution in [1.82, 2.24) is 10.6 Å². The Morgan fingerprint density at radius 3 is 2.25 bits per heavy atom. The van der Waals surface area contributed by atoms with Crippen molar-refractivity contribution in [2.75, 3.05) is 25.6 Å². The summed E-state index contributed by atoms with van der Waals surface area (Å²) in [6.07, 6.45) is 1.83. The maximum absolute atomic E-state index is 10.9. The molecule has 6 heteroatoms. The molecule has 0 bridgehead atoms. The average molecular weight is 249 g/mol. The third-order valence-corrected chi connectivity index (χ3v) is 2.73. The van der Waals surface area contributed by atoms with Gasteiger partial charge in [-0.15, -0.1) is 0 Å². The fourth-order valence-electron chi connectivity index (χ4n) is 1.08. The summed E-state index contributed by atoms with van der Waals surface area (Å²) in [6, 6.07) is 0. The van der Waals surface area contributed by atoms with Gasteiger partial charge in [0.1, 0.15) is 9.84 Å². The molecule has 0 radical (unpaired) electrons. The first kappa shape index (κ1) is 15.2. The van der Waals surface area contributed by atoms with E-state index in [1.54, 1.807) is 7.05 Å². The van der Waals surface area contributed by atoms with Gasteiger partial charge in [0.05, 0.1) is 5.75 Å². The number of nitrogens with one attached hydrogen (secondary N) is 2. The van der Waals surface area contributed by atoms with E-state index in [1.165, 1.54) is 6.26 Å². The summed E-state index contributed by atoms with van der Waals surface area (Å²) in [5.74, 6) is 0.896. The normalized spacial score (nSPS) is 13.7. The van der Waals surface area contributed by atoms with Crippen LogP contribution in [-0.4, -0.2) is 45.5 Å². The van der Waals surface area contributed by atoms with Crippen LogP contribution in [0.2, 0.25) is 0 Å². The molecular weight excluding hydrogens is 226 g/mol. The molecule has 0 atom stereocenters. The number of aliphatic imine (C=N–C) groups is 1. The number of hydrogen-bond acceptors (Lipinski definition) is 3. The molecule has 5 nitrogen and oxygen atoms in total. The summed E-state index contributed by atoms with van der Waals surface area (Å²) < 4.78 is 21.8. The highest BCUT2D eigenvalue weighted by molar-refractivity contribution is 7.90. The number of hydrogen-bond donors (Lipinski definition) is 2. The molecule has 0 rings (SSSR count). The molecule has 0 aromatic carbocycles. The van der Waals surface area contributed by atoms with Gasteiger partial charge in [-0.1, -0.05) is 0 Å². The number of rotatable bonds is 4. The molecule has 0 amide bonds. The van der Waals surface area contributed by atoms with E-state index in [0.29, 0.717) is 18.9 Å². The Morgan fingerprint density at radius 2 is 1.88 bits per heavy atom. The third-order valence-electron chi connectivity index (χ3n) is 1.70. The lowest BCUT2D eigenvalue weighted by Gasteiger charge is -2.23. The summed E-state index contributed by atoms with van der Waals surface area (Å²) in [5.41, 5.74) is -0.0569. The van der Waals surface area contributed by atoms with E-state index in [-0.39, 0.29) is 11.3 Å². The second kappa shape index (κ2) is 6.08. The minimum Gasteiger partial charge on any atom is -0.356 e. The van der Waals surface area contributed by atoms with Crippen molar-refractivity contribution in [2.45, 2.75) is 32.7 Å². The molecule has 0 aliphatic rings. The molecule has 16 heavy (non-hydrogen) atoms. The van der Waals surface area contributed by atoms with Gasteiger partial charge in [0.15, 0.2) is 5.96 Å². The van der Waals surface area contributed by atoms with Crippen LogP contribution < -0.4 is 10.6 Å². The average Bonchev–Trinajstić information content (AvgIpc) is 2.06. The largest absolute Gasteiger partial charge is 0.356 e. The minimum atomic E-state index is -2.86. The van der Waals surface area contributed by atoms with Gasteiger partial charge in [0.2, 0.25) is 0 Å². The van der Waals surface area contributed by atoms with Crippen LogP contribution in [0, 0.1) is 0 Å². The second-order valence-corrected chi connectivity index (χ2v) is 7.12. The van der Waals surface area contributed by atoms with Crippen LogP contribution in [0.5, 0.6) is 0 Å². The fourth-order valence-corrected chi connectivity index (χ4v) is 1.74. The van der Waals surface area contributed by atoms with E-state index in [1.807, 2.05) is 20.8 Å². The molecule has 0 aliphatic carbocycles. The van der Waals surface area contributed by atoms with Gasteiger partial charge < -0.3 is 10.6 Å². The Labute approximate surface area is 98.6 Å². The highest BCUT2D eigenvalue weighted by atomic mass is 32.2. The predicted octanol–water partition coefficient (Wildman–Crippen LogP) is 0.385. The van der Waals surface area contributed by atoms with E-state index < -0.39 is 9.84 Å². The van der Waals surface area contributed by atoms with E-state index in [9.17, 15) is 8.42 Å². The lowest BCUT2D eigenvalue weighted by molar-refractivity contribution is 0.501. The van der Waals surface area contributed by atoms with Crippen LogP contribution in [0.15, 0.2) is 4.99 Å². The molecule has 96 valence electrons. The first-order chi connectivity index (χ1) is 7.14. The maximum atomic E-state index is 10.9. The highest BCUT2D eigenvalue weighted by Gasteiger charge is 2.11. The van der Waals surface area contributed by atoms with Crippen molar-refractivity contribution >= 4 is 15.8 Å². The molecule has 2 N–H and O–H groups in total. The van der Waals surface area contributed by atoms with Crippen molar-refractivity contribution in [1.29, 1.82) is 0 Å². The topological polar surface area (TPSA) is 70.6 Å². The van der Waals surface area contributed by atoms with Crippen LogP contribution in [-0.2, 0) is 9.84 Å². The summed E-state index contributed by atoms with van der Waals surface area (Å²) in [4.78, 5) is 4.05. The van der Waals surface area contributed by atoms with E-state index >= 15 is 0 Å². The number of guanidine groups is 1. The zero-order valence-corrected chi connectivity index (χ0v) is 11.6. The van der Waals surface area contributed by atoms with Gasteiger partial charge >= 0.3 is 0 Å². The lowest BCUT2D eigenvalue weighted by Crippen LogP contribution is -2.47. The van der Waals surface area contributed by atoms with Gasteiger partial charge in [-0.3, -0.25) is 4.99 Å². The summed E-state index contributed by atoms with van der Waals surface area (Å²) in [7, 11) is -1.17. The first-order valence-corrected chi connectivity index (χ1v) is 7.37. The van der Waals surface area contributed by atoms with Gasteiger partial charge in [-0.05, 0) is 27.2 Å². The highest BCUT2D eigenvalue weighted by Crippen LogP contribution is 1.97. The summed E-state index contributed by atoms with van der Waals surface area (Å²) in [5, 5.41) is 6.27. The van der Waals surface area contributed by atoms with Crippen LogP contribution in [0.3, 0.4) is 0 Å². The quantitative estimate of drug-likeness (QED) is 0.429. The van der Waals surface area contributed by atoms with Crippen molar-refractivity contribution in [3.05, 3.63) is 0 Å². The number of sulfone groups is 1. The van der Waals surface area contributed by atoms with Crippen LogP contribution in [0.4, 0.5) is 0 Å². The fraction of sp³-hybridized carbons (Fsp3) is 0.900. The van der Waals surface area contributed by atoms with E-state index in [4.69, 9.17) is 0 Å². The minimum absolute atomic E-state index is 0.0569. The van der Waals surface area contributed by atoms with Crippen molar-refractivity contribution in [2.24, 2.45) is 4.99 Å². The van der Waals surface area contributed by atoms with Crippen LogP contribution in [0.1, 0.15) is 27.2 Å². The molecule has 0 saturated heterocycles. The smallest absolute Gasteiger partial charge is 0.191 e. The zero-order valence-electron chi connectivity index (χ0n) is 10.8. The van der Waals surface area contributed by atoms with Crippen LogP contribution >= 0.6 is 0 Å². The molecule has 0 heterocycles. The molecule has 0 aliphatic heterocycles. The molecular formula is C10H23N3O2S.